The molecule has 0 radical (unpaired) electrons. The van der Waals surface area contributed by atoms with Crippen LogP contribution < -0.4 is 0 Å². The van der Waals surface area contributed by atoms with Crippen molar-refractivity contribution >= 4 is 0 Å². The number of aliphatic hydroxyl groups is 4. The summed E-state index contributed by atoms with van der Waals surface area (Å²) in [5.41, 5.74) is -0.367. The molecule has 0 aliphatic heterocycles. The highest BCUT2D eigenvalue weighted by atomic mass is 16.5. The van der Waals surface area contributed by atoms with Crippen LogP contribution >= 0.6 is 0 Å². The maximum absolute atomic E-state index is 9.49. The predicted octanol–water partition coefficient (Wildman–Crippen LogP) is 0.00940. The molecule has 0 aromatic rings. The van der Waals surface area contributed by atoms with E-state index in [0.717, 1.165) is 0 Å². The summed E-state index contributed by atoms with van der Waals surface area (Å²) < 4.78 is 4.63. The highest BCUT2D eigenvalue weighted by Gasteiger charge is 2.28. The first-order chi connectivity index (χ1) is 7.83. The van der Waals surface area contributed by atoms with Crippen molar-refractivity contribution in [2.24, 2.45) is 11.3 Å². The fraction of sp³-hybridized carbons (Fsp3) is 1.00. The number of hydrogen-bond acceptors (Lipinski definition) is 5. The minimum atomic E-state index is -0.419. The van der Waals surface area contributed by atoms with Crippen LogP contribution in [0, 0.1) is 11.3 Å². The lowest BCUT2D eigenvalue weighted by Gasteiger charge is -2.30. The maximum atomic E-state index is 9.49. The fourth-order valence-corrected chi connectivity index (χ4v) is 1.23. The SMILES string of the molecule is CC(C)C(O)C(C)(C)CO.OCCOCCO. The molecule has 0 bridgehead atoms. The third-order valence-corrected chi connectivity index (χ3v) is 2.31. The van der Waals surface area contributed by atoms with E-state index in [2.05, 4.69) is 4.74 Å². The van der Waals surface area contributed by atoms with Crippen LogP contribution in [0.3, 0.4) is 0 Å². The summed E-state index contributed by atoms with van der Waals surface area (Å²) in [5, 5.41) is 34.5. The lowest BCUT2D eigenvalue weighted by molar-refractivity contribution is -0.0204. The van der Waals surface area contributed by atoms with Crippen LogP contribution in [0.1, 0.15) is 27.7 Å². The summed E-state index contributed by atoms with van der Waals surface area (Å²) in [7, 11) is 0. The Hall–Kier alpha value is -0.200. The van der Waals surface area contributed by atoms with E-state index < -0.39 is 6.10 Å². The zero-order valence-electron chi connectivity index (χ0n) is 11.4. The first-order valence-corrected chi connectivity index (χ1v) is 5.91. The van der Waals surface area contributed by atoms with Gasteiger partial charge in [-0.15, -0.1) is 0 Å². The van der Waals surface area contributed by atoms with Crippen molar-refractivity contribution in [2.45, 2.75) is 33.8 Å². The largest absolute Gasteiger partial charge is 0.396 e. The summed E-state index contributed by atoms with van der Waals surface area (Å²) in [6.07, 6.45) is -0.419. The van der Waals surface area contributed by atoms with Crippen LogP contribution in [0.15, 0.2) is 0 Å². The number of aliphatic hydroxyl groups excluding tert-OH is 4. The van der Waals surface area contributed by atoms with Gasteiger partial charge in [-0.25, -0.2) is 0 Å². The van der Waals surface area contributed by atoms with Crippen molar-refractivity contribution < 1.29 is 25.2 Å². The molecule has 0 aliphatic rings. The van der Waals surface area contributed by atoms with E-state index in [1.807, 2.05) is 27.7 Å². The number of rotatable bonds is 7. The zero-order valence-corrected chi connectivity index (χ0v) is 11.4. The van der Waals surface area contributed by atoms with Crippen LogP contribution in [-0.4, -0.2) is 59.6 Å². The third-order valence-electron chi connectivity index (χ3n) is 2.31. The molecule has 0 saturated carbocycles. The number of hydrogen-bond donors (Lipinski definition) is 4. The summed E-state index contributed by atoms with van der Waals surface area (Å²) in [5.74, 6) is 0.210. The fourth-order valence-electron chi connectivity index (χ4n) is 1.23. The van der Waals surface area contributed by atoms with Crippen molar-refractivity contribution in [1.82, 2.24) is 0 Å². The topological polar surface area (TPSA) is 90.2 Å². The Morgan fingerprint density at radius 1 is 1.00 bits per heavy atom. The molecule has 0 fully saturated rings. The quantitative estimate of drug-likeness (QED) is 0.479. The van der Waals surface area contributed by atoms with Crippen molar-refractivity contribution in [3.8, 4) is 0 Å². The molecule has 5 nitrogen and oxygen atoms in total. The normalized spacial score (nSPS) is 13.2. The Balaban J connectivity index is 0. The smallest absolute Gasteiger partial charge is 0.0698 e. The highest BCUT2D eigenvalue weighted by molar-refractivity contribution is 4.78. The average Bonchev–Trinajstić information content (AvgIpc) is 2.29. The Kier molecular flexibility index (Phi) is 12.3. The van der Waals surface area contributed by atoms with Gasteiger partial charge in [-0.3, -0.25) is 0 Å². The van der Waals surface area contributed by atoms with E-state index in [1.165, 1.54) is 0 Å². The first kappa shape index (κ1) is 19.1. The van der Waals surface area contributed by atoms with Crippen LogP contribution in [-0.2, 0) is 4.74 Å². The molecular formula is C12H28O5. The van der Waals surface area contributed by atoms with Crippen molar-refractivity contribution in [1.29, 1.82) is 0 Å². The van der Waals surface area contributed by atoms with E-state index in [1.54, 1.807) is 0 Å². The molecule has 1 atom stereocenters. The van der Waals surface area contributed by atoms with Crippen molar-refractivity contribution in [3.05, 3.63) is 0 Å². The molecule has 0 spiro atoms. The summed E-state index contributed by atoms with van der Waals surface area (Å²) in [6.45, 7) is 8.34. The van der Waals surface area contributed by atoms with E-state index in [9.17, 15) is 5.11 Å². The van der Waals surface area contributed by atoms with E-state index in [4.69, 9.17) is 15.3 Å². The second-order valence-corrected chi connectivity index (χ2v) is 4.90. The van der Waals surface area contributed by atoms with Gasteiger partial charge in [0.2, 0.25) is 0 Å². The van der Waals surface area contributed by atoms with Gasteiger partial charge >= 0.3 is 0 Å². The Bertz CT molecular complexity index is 155. The standard InChI is InChI=1S/C8H18O2.C4H10O3/c1-6(2)7(10)8(3,4)5-9;5-1-3-7-4-2-6/h6-7,9-10H,5H2,1-4H3;5-6H,1-4H2. The summed E-state index contributed by atoms with van der Waals surface area (Å²) >= 11 is 0. The minimum absolute atomic E-state index is 0.0278. The molecule has 1 unspecified atom stereocenters. The lowest BCUT2D eigenvalue weighted by Crippen LogP contribution is -2.36. The van der Waals surface area contributed by atoms with E-state index in [-0.39, 0.29) is 31.2 Å². The summed E-state index contributed by atoms with van der Waals surface area (Å²) in [4.78, 5) is 0. The van der Waals surface area contributed by atoms with Crippen molar-refractivity contribution in [2.75, 3.05) is 33.0 Å². The van der Waals surface area contributed by atoms with Gasteiger partial charge in [-0.05, 0) is 5.92 Å². The summed E-state index contributed by atoms with van der Waals surface area (Å²) in [6, 6.07) is 0. The average molecular weight is 252 g/mol. The van der Waals surface area contributed by atoms with Gasteiger partial charge in [0.1, 0.15) is 0 Å². The van der Waals surface area contributed by atoms with Gasteiger partial charge in [0, 0.05) is 5.41 Å². The van der Waals surface area contributed by atoms with Gasteiger partial charge in [-0.1, -0.05) is 27.7 Å². The second-order valence-electron chi connectivity index (χ2n) is 4.90. The van der Waals surface area contributed by atoms with Crippen LogP contribution in [0.25, 0.3) is 0 Å². The lowest BCUT2D eigenvalue weighted by atomic mass is 9.82. The Morgan fingerprint density at radius 3 is 1.59 bits per heavy atom. The second kappa shape index (κ2) is 10.9. The molecule has 17 heavy (non-hydrogen) atoms. The number of ether oxygens (including phenoxy) is 1. The van der Waals surface area contributed by atoms with Gasteiger partial charge in [-0.2, -0.15) is 0 Å². The minimum Gasteiger partial charge on any atom is -0.396 e. The predicted molar refractivity (Wildman–Crippen MR) is 66.7 cm³/mol. The Labute approximate surface area is 104 Å². The zero-order chi connectivity index (χ0) is 13.9. The monoisotopic (exact) mass is 252 g/mol. The molecule has 0 heterocycles. The van der Waals surface area contributed by atoms with Gasteiger partial charge in [0.25, 0.3) is 0 Å². The first-order valence-electron chi connectivity index (χ1n) is 5.91. The van der Waals surface area contributed by atoms with Crippen LogP contribution in [0.5, 0.6) is 0 Å². The van der Waals surface area contributed by atoms with Crippen LogP contribution in [0.2, 0.25) is 0 Å². The molecule has 0 saturated heterocycles. The van der Waals surface area contributed by atoms with Gasteiger partial charge < -0.3 is 25.2 Å². The molecule has 5 heteroatoms. The molecule has 0 aliphatic carbocycles. The Morgan fingerprint density at radius 2 is 1.41 bits per heavy atom. The maximum Gasteiger partial charge on any atom is 0.0698 e. The molecular weight excluding hydrogens is 224 g/mol. The molecule has 106 valence electrons. The highest BCUT2D eigenvalue weighted by Crippen LogP contribution is 2.24. The van der Waals surface area contributed by atoms with Crippen LogP contribution in [0.4, 0.5) is 0 Å². The molecule has 0 amide bonds. The molecule has 0 rings (SSSR count). The van der Waals surface area contributed by atoms with Gasteiger partial charge in [0.15, 0.2) is 0 Å². The van der Waals surface area contributed by atoms with Gasteiger partial charge in [0.05, 0.1) is 39.1 Å². The van der Waals surface area contributed by atoms with E-state index in [0.29, 0.717) is 13.2 Å². The molecule has 0 aromatic carbocycles. The van der Waals surface area contributed by atoms with E-state index >= 15 is 0 Å². The molecule has 0 aromatic heterocycles. The third kappa shape index (κ3) is 10.7. The molecule has 4 N–H and O–H groups in total. The van der Waals surface area contributed by atoms with Crippen molar-refractivity contribution in [3.63, 3.8) is 0 Å².